The van der Waals surface area contributed by atoms with Crippen molar-refractivity contribution >= 4 is 61.1 Å². The van der Waals surface area contributed by atoms with Crippen molar-refractivity contribution in [1.29, 1.82) is 0 Å². The molecule has 8 heteroatoms. The number of hydrogen-bond donors (Lipinski definition) is 1. The number of pyridine rings is 2. The molecule has 1 atom stereocenters. The first kappa shape index (κ1) is 26.7. The second-order valence-corrected chi connectivity index (χ2v) is 12.0. The zero-order chi connectivity index (χ0) is 31.1. The van der Waals surface area contributed by atoms with E-state index < -0.39 is 6.23 Å². The maximum atomic E-state index is 13.8. The molecule has 0 fully saturated rings. The van der Waals surface area contributed by atoms with Crippen molar-refractivity contribution in [2.45, 2.75) is 19.1 Å². The number of rotatable bonds is 6. The van der Waals surface area contributed by atoms with Gasteiger partial charge in [0.2, 0.25) is 0 Å². The molecule has 0 aliphatic carbocycles. The fourth-order valence-corrected chi connectivity index (χ4v) is 7.34. The number of hydrogen-bond acceptors (Lipinski definition) is 6. The van der Waals surface area contributed by atoms with E-state index in [1.165, 1.54) is 9.80 Å². The summed E-state index contributed by atoms with van der Waals surface area (Å²) in [6, 6.07) is 27.0. The van der Waals surface area contributed by atoms with E-state index in [1.54, 1.807) is 18.5 Å². The van der Waals surface area contributed by atoms with Crippen molar-refractivity contribution in [3.63, 3.8) is 0 Å². The summed E-state index contributed by atoms with van der Waals surface area (Å²) in [5.41, 5.74) is 5.30. The van der Waals surface area contributed by atoms with Crippen LogP contribution >= 0.6 is 0 Å². The first-order chi connectivity index (χ1) is 22.5. The number of aromatic nitrogens is 2. The largest absolute Gasteiger partial charge is 0.369 e. The maximum absolute atomic E-state index is 13.8. The topological polar surface area (TPSA) is 104 Å². The molecule has 0 saturated heterocycles. The predicted molar refractivity (Wildman–Crippen MR) is 175 cm³/mol. The number of carbonyl (C=O) groups is 3. The smallest absolute Gasteiger partial charge is 0.262 e. The molecule has 8 nitrogen and oxygen atoms in total. The van der Waals surface area contributed by atoms with Gasteiger partial charge in [-0.2, -0.15) is 0 Å². The molecular weight excluding hydrogens is 576 g/mol. The number of carbonyl (C=O) groups excluding carboxylic acids is 3. The lowest BCUT2D eigenvalue weighted by atomic mass is 9.86. The molecule has 0 bridgehead atoms. The molecule has 2 aliphatic heterocycles. The lowest BCUT2D eigenvalue weighted by Crippen LogP contribution is -2.41. The fourth-order valence-electron chi connectivity index (χ4n) is 7.34. The highest BCUT2D eigenvalue weighted by Gasteiger charge is 2.37. The highest BCUT2D eigenvalue weighted by molar-refractivity contribution is 6.37. The number of aliphatic hydroxyl groups is 1. The van der Waals surface area contributed by atoms with E-state index in [1.807, 2.05) is 78.9 Å². The fraction of sp³-hybridized carbons (Fsp3) is 0.132. The Labute approximate surface area is 262 Å². The van der Waals surface area contributed by atoms with Gasteiger partial charge >= 0.3 is 0 Å². The summed E-state index contributed by atoms with van der Waals surface area (Å²) in [7, 11) is 0. The van der Waals surface area contributed by atoms with Gasteiger partial charge in [0.1, 0.15) is 0 Å². The number of imide groups is 1. The van der Waals surface area contributed by atoms with Gasteiger partial charge < -0.3 is 10.0 Å². The average Bonchev–Trinajstić information content (AvgIpc) is 3.09. The summed E-state index contributed by atoms with van der Waals surface area (Å²) in [5, 5.41) is 15.7. The van der Waals surface area contributed by atoms with E-state index in [9.17, 15) is 19.5 Å². The van der Waals surface area contributed by atoms with Crippen LogP contribution in [0, 0.1) is 0 Å². The SMILES string of the molecule is O=C1c2ccc3c4ncc5c6c(ccc(c7ncc(c2c37)C(=O)N1CCc1ccccc1)c64)C(O)N(CCc1ccccc1)C5=O. The third-order valence-corrected chi connectivity index (χ3v) is 9.58. The van der Waals surface area contributed by atoms with Crippen molar-refractivity contribution in [2.24, 2.45) is 0 Å². The Morgan fingerprint density at radius 1 is 0.565 bits per heavy atom. The molecule has 0 saturated carbocycles. The molecule has 2 aliphatic rings. The Balaban J connectivity index is 1.18. The normalized spacial score (nSPS) is 16.1. The lowest BCUT2D eigenvalue weighted by molar-refractivity contribution is 0.00540. The minimum atomic E-state index is -1.12. The average molecular weight is 603 g/mol. The first-order valence-corrected chi connectivity index (χ1v) is 15.4. The standard InChI is InChI=1S/C38H26N4O4/c43-35-25-13-11-23-31-29(25)27(37(45)41(35)17-15-21-7-3-1-4-8-21)19-39-33(31)24-12-14-26-30-28(20-40-34(23)32(24)30)38(46)42(36(26)44)18-16-22-9-5-2-6-10-22/h1-14,19-20,35,43H,15-18H2. The summed E-state index contributed by atoms with van der Waals surface area (Å²) in [6.07, 6.45) is 3.20. The van der Waals surface area contributed by atoms with Crippen molar-refractivity contribution in [2.75, 3.05) is 13.1 Å². The Kier molecular flexibility index (Phi) is 5.73. The van der Waals surface area contributed by atoms with Gasteiger partial charge in [0.25, 0.3) is 17.7 Å². The maximum Gasteiger partial charge on any atom is 0.262 e. The lowest BCUT2D eigenvalue weighted by Gasteiger charge is -2.34. The highest BCUT2D eigenvalue weighted by atomic mass is 16.3. The molecule has 7 aromatic rings. The van der Waals surface area contributed by atoms with Crippen LogP contribution in [0.2, 0.25) is 0 Å². The van der Waals surface area contributed by atoms with Gasteiger partial charge in [-0.25, -0.2) is 0 Å². The monoisotopic (exact) mass is 602 g/mol. The molecule has 4 heterocycles. The summed E-state index contributed by atoms with van der Waals surface area (Å²) < 4.78 is 0. The van der Waals surface area contributed by atoms with Crippen molar-refractivity contribution in [3.8, 4) is 0 Å². The van der Waals surface area contributed by atoms with Gasteiger partial charge in [0.15, 0.2) is 6.23 Å². The molecule has 3 amide bonds. The Morgan fingerprint density at radius 2 is 1.11 bits per heavy atom. The van der Waals surface area contributed by atoms with Crippen molar-refractivity contribution < 1.29 is 19.5 Å². The zero-order valence-electron chi connectivity index (χ0n) is 24.6. The van der Waals surface area contributed by atoms with Gasteiger partial charge in [0, 0.05) is 68.9 Å². The quantitative estimate of drug-likeness (QED) is 0.141. The second kappa shape index (κ2) is 9.89. The number of nitrogens with zero attached hydrogens (tertiary/aromatic N) is 4. The van der Waals surface area contributed by atoms with Crippen molar-refractivity contribution in [3.05, 3.63) is 131 Å². The van der Waals surface area contributed by atoms with Crippen LogP contribution in [-0.4, -0.2) is 55.7 Å². The third-order valence-electron chi connectivity index (χ3n) is 9.58. The Morgan fingerprint density at radius 3 is 1.76 bits per heavy atom. The summed E-state index contributed by atoms with van der Waals surface area (Å²) >= 11 is 0. The van der Waals surface area contributed by atoms with Crippen LogP contribution in [0.5, 0.6) is 0 Å². The van der Waals surface area contributed by atoms with Gasteiger partial charge in [-0.05, 0) is 30.0 Å². The number of fused-ring (bicyclic) bond motifs is 2. The molecule has 46 heavy (non-hydrogen) atoms. The molecule has 5 aromatic carbocycles. The van der Waals surface area contributed by atoms with Crippen LogP contribution in [0.15, 0.2) is 97.3 Å². The van der Waals surface area contributed by atoms with E-state index >= 15 is 0 Å². The minimum Gasteiger partial charge on any atom is -0.369 e. The number of aliphatic hydroxyl groups excluding tert-OH is 1. The van der Waals surface area contributed by atoms with Gasteiger partial charge in [-0.1, -0.05) is 78.9 Å². The van der Waals surface area contributed by atoms with Crippen LogP contribution in [0.4, 0.5) is 0 Å². The van der Waals surface area contributed by atoms with Crippen LogP contribution in [0.1, 0.15) is 54.0 Å². The van der Waals surface area contributed by atoms with Gasteiger partial charge in [-0.15, -0.1) is 0 Å². The third kappa shape index (κ3) is 3.68. The Bertz CT molecular complexity index is 2340. The Hall–Kier alpha value is -5.73. The van der Waals surface area contributed by atoms with Crippen LogP contribution in [0.3, 0.4) is 0 Å². The first-order valence-electron chi connectivity index (χ1n) is 15.4. The summed E-state index contributed by atoms with van der Waals surface area (Å²) in [5.74, 6) is -0.966. The van der Waals surface area contributed by atoms with Crippen LogP contribution in [-0.2, 0) is 12.8 Å². The number of benzene rings is 5. The zero-order valence-corrected chi connectivity index (χ0v) is 24.6. The van der Waals surface area contributed by atoms with Crippen LogP contribution in [0.25, 0.3) is 43.4 Å². The van der Waals surface area contributed by atoms with Gasteiger partial charge in [0.05, 0.1) is 22.2 Å². The molecule has 0 radical (unpaired) electrons. The molecule has 9 rings (SSSR count). The van der Waals surface area contributed by atoms with E-state index in [-0.39, 0.29) is 24.3 Å². The minimum absolute atomic E-state index is 0.264. The summed E-state index contributed by atoms with van der Waals surface area (Å²) in [6.45, 7) is 0.619. The van der Waals surface area contributed by atoms with Crippen molar-refractivity contribution in [1.82, 2.24) is 19.8 Å². The molecular formula is C38H26N4O4. The van der Waals surface area contributed by atoms with Gasteiger partial charge in [-0.3, -0.25) is 29.3 Å². The molecule has 1 unspecified atom stereocenters. The second-order valence-electron chi connectivity index (χ2n) is 12.0. The van der Waals surface area contributed by atoms with E-state index in [0.29, 0.717) is 68.8 Å². The summed E-state index contributed by atoms with van der Waals surface area (Å²) in [4.78, 5) is 53.8. The molecule has 1 N–H and O–H groups in total. The molecule has 2 aromatic heterocycles. The number of amides is 3. The highest BCUT2D eigenvalue weighted by Crippen LogP contribution is 2.46. The van der Waals surface area contributed by atoms with E-state index in [2.05, 4.69) is 0 Å². The molecule has 0 spiro atoms. The van der Waals surface area contributed by atoms with E-state index in [4.69, 9.17) is 9.97 Å². The predicted octanol–water partition coefficient (Wildman–Crippen LogP) is 6.06. The van der Waals surface area contributed by atoms with Crippen LogP contribution < -0.4 is 0 Å². The van der Waals surface area contributed by atoms with E-state index in [0.717, 1.165) is 27.3 Å². The molecule has 222 valence electrons.